The molecule has 8 nitrogen and oxygen atoms in total. The summed E-state index contributed by atoms with van der Waals surface area (Å²) in [7, 11) is 1.50. The van der Waals surface area contributed by atoms with Gasteiger partial charge in [-0.3, -0.25) is 4.90 Å². The Labute approximate surface area is 217 Å². The lowest BCUT2D eigenvalue weighted by Crippen LogP contribution is -2.43. The summed E-state index contributed by atoms with van der Waals surface area (Å²) in [5.74, 6) is -1.61. The zero-order chi connectivity index (χ0) is 26.4. The molecule has 2 atom stereocenters. The smallest absolute Gasteiger partial charge is 0.320 e. The van der Waals surface area contributed by atoms with E-state index in [4.69, 9.17) is 14.2 Å². The number of alkyl halides is 1. The van der Waals surface area contributed by atoms with Gasteiger partial charge in [0.1, 0.15) is 18.5 Å². The molecule has 1 N–H and O–H groups in total. The second kappa shape index (κ2) is 9.77. The highest BCUT2D eigenvalue weighted by molar-refractivity contribution is 5.96. The Morgan fingerprint density at radius 1 is 1.16 bits per heavy atom. The topological polar surface area (TPSA) is 80.2 Å². The molecule has 3 aromatic rings. The number of hydrogen-bond acceptors (Lipinski definition) is 8. The highest BCUT2D eigenvalue weighted by atomic mass is 19.2. The van der Waals surface area contributed by atoms with Crippen LogP contribution in [0.15, 0.2) is 24.3 Å². The van der Waals surface area contributed by atoms with Crippen LogP contribution in [0, 0.1) is 11.6 Å². The zero-order valence-electron chi connectivity index (χ0n) is 21.1. The van der Waals surface area contributed by atoms with Crippen molar-refractivity contribution in [2.75, 3.05) is 45.0 Å². The Balaban J connectivity index is 1.30. The molecule has 6 rings (SSSR count). The van der Waals surface area contributed by atoms with E-state index in [1.165, 1.54) is 13.2 Å². The Morgan fingerprint density at radius 2 is 2.03 bits per heavy atom. The van der Waals surface area contributed by atoms with Gasteiger partial charge in [-0.2, -0.15) is 9.97 Å². The molecular formula is C27H29F3N4O4. The summed E-state index contributed by atoms with van der Waals surface area (Å²) in [6.07, 6.45) is 1.75. The van der Waals surface area contributed by atoms with Crippen molar-refractivity contribution in [1.29, 1.82) is 0 Å². The number of ether oxygens (including phenoxy) is 3. The zero-order valence-corrected chi connectivity index (χ0v) is 21.1. The molecule has 4 heterocycles. The number of rotatable bonds is 7. The minimum atomic E-state index is -0.945. The number of aromatic hydroxyl groups is 1. The molecular weight excluding hydrogens is 501 g/mol. The van der Waals surface area contributed by atoms with Crippen molar-refractivity contribution in [1.82, 2.24) is 14.9 Å². The molecule has 3 aliphatic heterocycles. The molecule has 3 aliphatic rings. The third-order valence-corrected chi connectivity index (χ3v) is 7.90. The van der Waals surface area contributed by atoms with Gasteiger partial charge < -0.3 is 24.2 Å². The second-order valence-corrected chi connectivity index (χ2v) is 10.2. The first kappa shape index (κ1) is 25.0. The lowest BCUT2D eigenvalue weighted by atomic mass is 9.95. The van der Waals surface area contributed by atoms with Crippen LogP contribution in [-0.4, -0.2) is 71.8 Å². The maximum Gasteiger partial charge on any atom is 0.320 e. The van der Waals surface area contributed by atoms with Crippen LogP contribution >= 0.6 is 0 Å². The minimum Gasteiger partial charge on any atom is -0.493 e. The van der Waals surface area contributed by atoms with Crippen LogP contribution in [0.4, 0.5) is 18.9 Å². The van der Waals surface area contributed by atoms with E-state index in [1.807, 2.05) is 4.90 Å². The molecule has 0 bridgehead atoms. The minimum absolute atomic E-state index is 0.00132. The fourth-order valence-electron chi connectivity index (χ4n) is 6.11. The second-order valence-electron chi connectivity index (χ2n) is 10.2. The van der Waals surface area contributed by atoms with Crippen molar-refractivity contribution in [2.45, 2.75) is 43.9 Å². The van der Waals surface area contributed by atoms with Crippen molar-refractivity contribution in [3.05, 3.63) is 47.2 Å². The summed E-state index contributed by atoms with van der Waals surface area (Å²) in [6.45, 7) is 2.12. The number of anilines is 1. The quantitative estimate of drug-likeness (QED) is 0.458. The van der Waals surface area contributed by atoms with Gasteiger partial charge in [-0.05, 0) is 43.3 Å². The maximum absolute atomic E-state index is 15.0. The van der Waals surface area contributed by atoms with Gasteiger partial charge in [0.2, 0.25) is 5.88 Å². The van der Waals surface area contributed by atoms with Gasteiger partial charge in [0.05, 0.1) is 23.5 Å². The van der Waals surface area contributed by atoms with E-state index in [-0.39, 0.29) is 42.8 Å². The molecule has 0 amide bonds. The SMILES string of the molecule is COCOc1cc(N2CCc3c(O)nc(OC[C@@]45CCCN4C[C@H](F)C5)nc3C2)c2c(F)c(F)ccc2c1. The average Bonchev–Trinajstić information content (AvgIpc) is 3.43. The highest BCUT2D eigenvalue weighted by Crippen LogP contribution is 2.41. The van der Waals surface area contributed by atoms with Gasteiger partial charge in [-0.15, -0.1) is 0 Å². The molecule has 2 fully saturated rings. The van der Waals surface area contributed by atoms with E-state index in [2.05, 4.69) is 14.9 Å². The summed E-state index contributed by atoms with van der Waals surface area (Å²) in [5, 5.41) is 11.3. The number of halogens is 3. The highest BCUT2D eigenvalue weighted by Gasteiger charge is 2.49. The number of hydrogen-bond donors (Lipinski definition) is 1. The van der Waals surface area contributed by atoms with Crippen molar-refractivity contribution < 1.29 is 32.5 Å². The summed E-state index contributed by atoms with van der Waals surface area (Å²) in [6, 6.07) is 5.89. The lowest BCUT2D eigenvalue weighted by molar-refractivity contribution is 0.0512. The number of aromatic nitrogens is 2. The van der Waals surface area contributed by atoms with E-state index < -0.39 is 17.8 Å². The fourth-order valence-corrected chi connectivity index (χ4v) is 6.11. The van der Waals surface area contributed by atoms with Crippen molar-refractivity contribution in [3.63, 3.8) is 0 Å². The average molecular weight is 531 g/mol. The van der Waals surface area contributed by atoms with Gasteiger partial charge in [-0.25, -0.2) is 13.2 Å². The molecule has 202 valence electrons. The molecule has 1 aromatic heterocycles. The summed E-state index contributed by atoms with van der Waals surface area (Å²) in [5.41, 5.74) is 1.19. The normalized spacial score (nSPS) is 23.1. The Morgan fingerprint density at radius 3 is 2.87 bits per heavy atom. The van der Waals surface area contributed by atoms with Crippen LogP contribution in [0.2, 0.25) is 0 Å². The standard InChI is InChI=1S/C27H29F3N4O4/c1-36-15-38-18-9-16-3-4-20(29)24(30)23(16)22(10-18)33-8-5-19-21(13-33)31-26(32-25(19)35)37-14-27-6-2-7-34(27)12-17(28)11-27/h3-4,9-10,17H,2,5-8,11-15H2,1H3,(H,31,32,35)/t17-,27+/m1/s1. The van der Waals surface area contributed by atoms with Gasteiger partial charge >= 0.3 is 6.01 Å². The summed E-state index contributed by atoms with van der Waals surface area (Å²) < 4.78 is 59.9. The molecule has 0 saturated carbocycles. The fraction of sp³-hybridized carbons (Fsp3) is 0.481. The van der Waals surface area contributed by atoms with Crippen LogP contribution < -0.4 is 14.4 Å². The number of fused-ring (bicyclic) bond motifs is 3. The molecule has 2 aromatic carbocycles. The molecule has 0 aliphatic carbocycles. The van der Waals surface area contributed by atoms with Gasteiger partial charge in [-0.1, -0.05) is 6.07 Å². The largest absolute Gasteiger partial charge is 0.493 e. The van der Waals surface area contributed by atoms with Crippen molar-refractivity contribution >= 4 is 16.5 Å². The Kier molecular flexibility index (Phi) is 6.43. The molecule has 0 unspecified atom stereocenters. The van der Waals surface area contributed by atoms with E-state index in [0.29, 0.717) is 54.0 Å². The first-order valence-corrected chi connectivity index (χ1v) is 12.8. The number of nitrogens with zero attached hydrogens (tertiary/aromatic N) is 4. The predicted octanol–water partition coefficient (Wildman–Crippen LogP) is 4.11. The summed E-state index contributed by atoms with van der Waals surface area (Å²) >= 11 is 0. The molecule has 2 saturated heterocycles. The van der Waals surface area contributed by atoms with Crippen LogP contribution in [0.25, 0.3) is 10.8 Å². The van der Waals surface area contributed by atoms with E-state index in [9.17, 15) is 13.9 Å². The number of benzene rings is 2. The first-order chi connectivity index (χ1) is 18.4. The molecule has 11 heteroatoms. The van der Waals surface area contributed by atoms with Crippen LogP contribution in [-0.2, 0) is 17.7 Å². The monoisotopic (exact) mass is 530 g/mol. The Bertz CT molecular complexity index is 1380. The first-order valence-electron chi connectivity index (χ1n) is 12.8. The molecule has 38 heavy (non-hydrogen) atoms. The van der Waals surface area contributed by atoms with Gasteiger partial charge in [0.25, 0.3) is 0 Å². The molecule has 0 radical (unpaired) electrons. The van der Waals surface area contributed by atoms with Gasteiger partial charge in [0.15, 0.2) is 18.4 Å². The van der Waals surface area contributed by atoms with Crippen molar-refractivity contribution in [2.24, 2.45) is 0 Å². The van der Waals surface area contributed by atoms with Crippen LogP contribution in [0.1, 0.15) is 30.5 Å². The van der Waals surface area contributed by atoms with Crippen molar-refractivity contribution in [3.8, 4) is 17.6 Å². The Hall–Kier alpha value is -3.31. The third kappa shape index (κ3) is 4.37. The maximum atomic E-state index is 15.0. The third-order valence-electron chi connectivity index (χ3n) is 7.90. The van der Waals surface area contributed by atoms with Crippen LogP contribution in [0.3, 0.4) is 0 Å². The van der Waals surface area contributed by atoms with Gasteiger partial charge in [0, 0.05) is 43.6 Å². The van der Waals surface area contributed by atoms with E-state index >= 15 is 4.39 Å². The van der Waals surface area contributed by atoms with E-state index in [0.717, 1.165) is 25.5 Å². The number of methoxy groups -OCH3 is 1. The predicted molar refractivity (Wildman–Crippen MR) is 133 cm³/mol. The van der Waals surface area contributed by atoms with Crippen LogP contribution in [0.5, 0.6) is 17.6 Å². The van der Waals surface area contributed by atoms with E-state index in [1.54, 1.807) is 12.1 Å². The molecule has 0 spiro atoms. The lowest BCUT2D eigenvalue weighted by Gasteiger charge is -2.32. The summed E-state index contributed by atoms with van der Waals surface area (Å²) in [4.78, 5) is 12.7.